The largest absolute Gasteiger partial charge is 0.501 e. The topological polar surface area (TPSA) is 107 Å². The minimum absolute atomic E-state index is 0.0361. The second-order valence-electron chi connectivity index (χ2n) is 8.06. The van der Waals surface area contributed by atoms with Gasteiger partial charge in [0.15, 0.2) is 0 Å². The molecule has 0 spiro atoms. The molecule has 0 aliphatic rings. The Labute approximate surface area is 215 Å². The average Bonchev–Trinajstić information content (AvgIpc) is 2.82. The van der Waals surface area contributed by atoms with Gasteiger partial charge in [-0.3, -0.25) is 9.59 Å². The van der Waals surface area contributed by atoms with Crippen LogP contribution in [0, 0.1) is 6.92 Å². The molecule has 9 nitrogen and oxygen atoms in total. The van der Waals surface area contributed by atoms with Crippen molar-refractivity contribution in [3.05, 3.63) is 47.0 Å². The van der Waals surface area contributed by atoms with E-state index >= 15 is 0 Å². The van der Waals surface area contributed by atoms with Gasteiger partial charge < -0.3 is 27.5 Å². The van der Waals surface area contributed by atoms with Crippen LogP contribution in [-0.4, -0.2) is 66.4 Å². The minimum atomic E-state index is -2.76. The molecular formula is C26H40O9Si. The van der Waals surface area contributed by atoms with Crippen LogP contribution in [0.2, 0.25) is 6.04 Å². The first-order chi connectivity index (χ1) is 17.2. The van der Waals surface area contributed by atoms with Gasteiger partial charge in [-0.1, -0.05) is 24.8 Å². The van der Waals surface area contributed by atoms with Crippen LogP contribution in [0.3, 0.4) is 0 Å². The van der Waals surface area contributed by atoms with Gasteiger partial charge in [-0.25, -0.2) is 4.79 Å². The summed E-state index contributed by atoms with van der Waals surface area (Å²) in [5.74, 6) is -1.33. The van der Waals surface area contributed by atoms with Gasteiger partial charge in [0.05, 0.1) is 19.4 Å². The zero-order valence-electron chi connectivity index (χ0n) is 22.2. The number of hydrogen-bond donors (Lipinski definition) is 0. The quantitative estimate of drug-likeness (QED) is 0.0933. The molecule has 1 aromatic rings. The van der Waals surface area contributed by atoms with Crippen molar-refractivity contribution in [2.24, 2.45) is 0 Å². The van der Waals surface area contributed by atoms with Crippen molar-refractivity contribution in [1.29, 1.82) is 0 Å². The van der Waals surface area contributed by atoms with E-state index in [1.54, 1.807) is 13.0 Å². The van der Waals surface area contributed by atoms with Crippen molar-refractivity contribution in [1.82, 2.24) is 0 Å². The van der Waals surface area contributed by atoms with E-state index in [-0.39, 0.29) is 44.2 Å². The summed E-state index contributed by atoms with van der Waals surface area (Å²) in [5, 5.41) is 0. The Balaban J connectivity index is 2.52. The standard InChI is InChI=1S/C26H40O9Si/c1-7-33-36(34-8-2,35-9-3)16-10-13-30-24(27)18-22-12-11-21(6)23(17-22)19-25(28)31-14-15-32-26(29)20(4)5/h11-12,17H,4,7-10,13-16,18-19H2,1-3,5-6H3. The summed E-state index contributed by atoms with van der Waals surface area (Å²) < 4.78 is 32.9. The zero-order valence-corrected chi connectivity index (χ0v) is 23.2. The third-order valence-electron chi connectivity index (χ3n) is 5.01. The summed E-state index contributed by atoms with van der Waals surface area (Å²) in [6.45, 7) is 14.3. The van der Waals surface area contributed by atoms with Gasteiger partial charge in [0.1, 0.15) is 13.2 Å². The third kappa shape index (κ3) is 11.9. The van der Waals surface area contributed by atoms with Gasteiger partial charge in [-0.15, -0.1) is 0 Å². The van der Waals surface area contributed by atoms with Gasteiger partial charge in [-0.05, 0) is 57.7 Å². The SMILES string of the molecule is C=C(C)C(=O)OCCOC(=O)Cc1cc(CC(=O)OCCC[Si](OCC)(OCC)OCC)ccc1C. The second kappa shape index (κ2) is 17.0. The lowest BCUT2D eigenvalue weighted by molar-refractivity contribution is -0.149. The maximum atomic E-state index is 12.4. The number of benzene rings is 1. The highest BCUT2D eigenvalue weighted by Crippen LogP contribution is 2.19. The van der Waals surface area contributed by atoms with E-state index < -0.39 is 20.7 Å². The van der Waals surface area contributed by atoms with Crippen LogP contribution >= 0.6 is 0 Å². The van der Waals surface area contributed by atoms with Crippen molar-refractivity contribution in [3.8, 4) is 0 Å². The molecule has 0 aromatic heterocycles. The summed E-state index contributed by atoms with van der Waals surface area (Å²) in [7, 11) is -2.76. The van der Waals surface area contributed by atoms with E-state index in [9.17, 15) is 14.4 Å². The fraction of sp³-hybridized carbons (Fsp3) is 0.577. The van der Waals surface area contributed by atoms with Crippen LogP contribution < -0.4 is 0 Å². The number of carbonyl (C=O) groups excluding carboxylic acids is 3. The van der Waals surface area contributed by atoms with E-state index in [0.717, 1.165) is 16.7 Å². The first-order valence-electron chi connectivity index (χ1n) is 12.3. The van der Waals surface area contributed by atoms with E-state index in [1.165, 1.54) is 0 Å². The molecule has 0 saturated carbocycles. The molecule has 10 heteroatoms. The molecule has 0 aliphatic heterocycles. The molecule has 0 atom stereocenters. The molecule has 36 heavy (non-hydrogen) atoms. The monoisotopic (exact) mass is 524 g/mol. The number of carbonyl (C=O) groups is 3. The molecule has 0 fully saturated rings. The first kappa shape index (κ1) is 31.5. The molecule has 1 aromatic carbocycles. The second-order valence-corrected chi connectivity index (χ2v) is 10.8. The van der Waals surface area contributed by atoms with Gasteiger partial charge in [0.2, 0.25) is 0 Å². The fourth-order valence-corrected chi connectivity index (χ4v) is 5.92. The molecule has 1 rings (SSSR count). The molecule has 0 aliphatic carbocycles. The van der Waals surface area contributed by atoms with Gasteiger partial charge in [0.25, 0.3) is 0 Å². The van der Waals surface area contributed by atoms with E-state index in [1.807, 2.05) is 39.8 Å². The van der Waals surface area contributed by atoms with Crippen molar-refractivity contribution in [2.75, 3.05) is 39.6 Å². The van der Waals surface area contributed by atoms with E-state index in [2.05, 4.69) is 6.58 Å². The average molecular weight is 525 g/mol. The first-order valence-corrected chi connectivity index (χ1v) is 14.2. The summed E-state index contributed by atoms with van der Waals surface area (Å²) in [5.41, 5.74) is 2.68. The molecule has 0 amide bonds. The number of rotatable bonds is 18. The normalized spacial score (nSPS) is 11.1. The van der Waals surface area contributed by atoms with E-state index in [0.29, 0.717) is 32.3 Å². The number of aryl methyl sites for hydroxylation is 1. The number of esters is 3. The summed E-state index contributed by atoms with van der Waals surface area (Å²) in [6.07, 6.45) is 0.705. The van der Waals surface area contributed by atoms with Crippen LogP contribution in [0.1, 0.15) is 50.8 Å². The molecule has 0 N–H and O–H groups in total. The fourth-order valence-electron chi connectivity index (χ4n) is 3.34. The number of ether oxygens (including phenoxy) is 3. The van der Waals surface area contributed by atoms with E-state index in [4.69, 9.17) is 27.5 Å². The molecular weight excluding hydrogens is 484 g/mol. The van der Waals surface area contributed by atoms with Crippen molar-refractivity contribution < 1.29 is 41.9 Å². The molecule has 0 bridgehead atoms. The number of hydrogen-bond acceptors (Lipinski definition) is 9. The Kier molecular flexibility index (Phi) is 14.9. The molecule has 0 unspecified atom stereocenters. The highest BCUT2D eigenvalue weighted by atomic mass is 28.4. The predicted octanol–water partition coefficient (Wildman–Crippen LogP) is 3.72. The lowest BCUT2D eigenvalue weighted by Gasteiger charge is -2.28. The van der Waals surface area contributed by atoms with Gasteiger partial charge >= 0.3 is 26.7 Å². The summed E-state index contributed by atoms with van der Waals surface area (Å²) in [6, 6.07) is 6.06. The Morgan fingerprint density at radius 2 is 1.39 bits per heavy atom. The molecule has 0 heterocycles. The van der Waals surface area contributed by atoms with Crippen LogP contribution in [0.25, 0.3) is 0 Å². The smallest absolute Gasteiger partial charge is 0.465 e. The van der Waals surface area contributed by atoms with Crippen LogP contribution in [0.15, 0.2) is 30.4 Å². The van der Waals surface area contributed by atoms with Gasteiger partial charge in [0, 0.05) is 31.4 Å². The highest BCUT2D eigenvalue weighted by Gasteiger charge is 2.39. The summed E-state index contributed by atoms with van der Waals surface area (Å²) in [4.78, 5) is 35.9. The zero-order chi connectivity index (χ0) is 27.0. The lowest BCUT2D eigenvalue weighted by atomic mass is 10.0. The van der Waals surface area contributed by atoms with Crippen LogP contribution in [-0.2, 0) is 54.7 Å². The van der Waals surface area contributed by atoms with Crippen molar-refractivity contribution in [3.63, 3.8) is 0 Å². The Bertz CT molecular complexity index is 852. The predicted molar refractivity (Wildman–Crippen MR) is 136 cm³/mol. The highest BCUT2D eigenvalue weighted by molar-refractivity contribution is 6.60. The van der Waals surface area contributed by atoms with Crippen molar-refractivity contribution >= 4 is 26.7 Å². The molecule has 202 valence electrons. The van der Waals surface area contributed by atoms with Crippen molar-refractivity contribution in [2.45, 2.75) is 59.9 Å². The molecule has 0 radical (unpaired) electrons. The Hall–Kier alpha value is -2.53. The summed E-state index contributed by atoms with van der Waals surface area (Å²) >= 11 is 0. The molecule has 0 saturated heterocycles. The third-order valence-corrected chi connectivity index (χ3v) is 8.16. The maximum absolute atomic E-state index is 12.4. The van der Waals surface area contributed by atoms with Crippen LogP contribution in [0.5, 0.6) is 0 Å². The Morgan fingerprint density at radius 1 is 0.833 bits per heavy atom. The van der Waals surface area contributed by atoms with Crippen LogP contribution in [0.4, 0.5) is 0 Å². The maximum Gasteiger partial charge on any atom is 0.501 e. The van der Waals surface area contributed by atoms with Gasteiger partial charge in [-0.2, -0.15) is 0 Å². The minimum Gasteiger partial charge on any atom is -0.465 e. The lowest BCUT2D eigenvalue weighted by Crippen LogP contribution is -2.46. The Morgan fingerprint density at radius 3 is 1.97 bits per heavy atom.